The van der Waals surface area contributed by atoms with Gasteiger partial charge in [-0.15, -0.1) is 0 Å². The third-order valence-corrected chi connectivity index (χ3v) is 5.19. The molecule has 1 fully saturated rings. The zero-order valence-electron chi connectivity index (χ0n) is 16.6. The van der Waals surface area contributed by atoms with Gasteiger partial charge in [0.2, 0.25) is 5.91 Å². The monoisotopic (exact) mass is 430 g/mol. The summed E-state index contributed by atoms with van der Waals surface area (Å²) in [5.74, 6) is 0.138. The van der Waals surface area contributed by atoms with Crippen LogP contribution in [0.4, 0.5) is 4.79 Å². The van der Waals surface area contributed by atoms with Gasteiger partial charge >= 0.3 is 6.09 Å². The molecular weight excluding hydrogens is 408 g/mol. The highest BCUT2D eigenvalue weighted by atomic mass is 35.5. The van der Waals surface area contributed by atoms with Gasteiger partial charge < -0.3 is 25.0 Å². The molecule has 2 aliphatic rings. The molecule has 2 heterocycles. The van der Waals surface area contributed by atoms with Crippen LogP contribution in [0.5, 0.6) is 0 Å². The number of halogens is 1. The van der Waals surface area contributed by atoms with E-state index in [-0.39, 0.29) is 18.1 Å². The van der Waals surface area contributed by atoms with E-state index in [2.05, 4.69) is 16.7 Å². The van der Waals surface area contributed by atoms with Gasteiger partial charge in [-0.25, -0.2) is 4.79 Å². The van der Waals surface area contributed by atoms with Gasteiger partial charge in [-0.3, -0.25) is 4.79 Å². The Morgan fingerprint density at radius 3 is 2.63 bits per heavy atom. The maximum absolute atomic E-state index is 12.6. The number of nitriles is 1. The first-order chi connectivity index (χ1) is 14.5. The Bertz CT molecular complexity index is 883. The van der Waals surface area contributed by atoms with Gasteiger partial charge in [0.05, 0.1) is 7.11 Å². The summed E-state index contributed by atoms with van der Waals surface area (Å²) in [6.07, 6.45) is 3.83. The topological polar surface area (TPSA) is 104 Å². The van der Waals surface area contributed by atoms with Gasteiger partial charge in [-0.1, -0.05) is 23.7 Å². The second-order valence-corrected chi connectivity index (χ2v) is 7.40. The van der Waals surface area contributed by atoms with Gasteiger partial charge in [0, 0.05) is 43.7 Å². The van der Waals surface area contributed by atoms with Crippen molar-refractivity contribution >= 4 is 23.6 Å². The molecule has 8 nitrogen and oxygen atoms in total. The van der Waals surface area contributed by atoms with E-state index in [1.807, 2.05) is 12.1 Å². The lowest BCUT2D eigenvalue weighted by molar-refractivity contribution is -0.122. The number of methoxy groups -OCH3 is 1. The largest absolute Gasteiger partial charge is 0.489 e. The average Bonchev–Trinajstić information content (AvgIpc) is 2.78. The number of amides is 2. The van der Waals surface area contributed by atoms with E-state index in [1.54, 1.807) is 23.1 Å². The van der Waals surface area contributed by atoms with Gasteiger partial charge in [-0.2, -0.15) is 5.26 Å². The van der Waals surface area contributed by atoms with Crippen LogP contribution >= 0.6 is 11.6 Å². The number of piperidine rings is 1. The summed E-state index contributed by atoms with van der Waals surface area (Å²) in [6.45, 7) is 1.39. The second-order valence-electron chi connectivity index (χ2n) is 6.96. The fraction of sp³-hybridized carbons (Fsp3) is 0.381. The molecule has 0 saturated carbocycles. The van der Waals surface area contributed by atoms with Crippen LogP contribution in [-0.2, 0) is 20.8 Å². The minimum Gasteiger partial charge on any atom is -0.489 e. The minimum absolute atomic E-state index is 0.148. The quantitative estimate of drug-likeness (QED) is 0.743. The van der Waals surface area contributed by atoms with E-state index in [0.29, 0.717) is 48.8 Å². The van der Waals surface area contributed by atoms with E-state index in [9.17, 15) is 14.9 Å². The summed E-state index contributed by atoms with van der Waals surface area (Å²) in [7, 11) is 1.35. The fourth-order valence-electron chi connectivity index (χ4n) is 3.24. The number of hydrogen-bond donors (Lipinski definition) is 2. The van der Waals surface area contributed by atoms with Crippen LogP contribution in [0.15, 0.2) is 47.9 Å². The molecule has 158 valence electrons. The summed E-state index contributed by atoms with van der Waals surface area (Å²) in [6, 6.07) is 8.64. The van der Waals surface area contributed by atoms with Crippen molar-refractivity contribution < 1.29 is 19.1 Å². The lowest BCUT2D eigenvalue weighted by Crippen LogP contribution is -2.43. The van der Waals surface area contributed by atoms with Gasteiger partial charge in [-0.05, 0) is 23.8 Å². The van der Waals surface area contributed by atoms with Gasteiger partial charge in [0.1, 0.15) is 29.5 Å². The van der Waals surface area contributed by atoms with Gasteiger partial charge in [0.15, 0.2) is 0 Å². The molecule has 0 radical (unpaired) electrons. The molecular formula is C21H23ClN4O4. The zero-order chi connectivity index (χ0) is 21.5. The molecule has 2 amide bonds. The molecule has 2 aliphatic heterocycles. The number of nitrogens with one attached hydrogen (secondary N) is 2. The summed E-state index contributed by atoms with van der Waals surface area (Å²) >= 11 is 5.87. The predicted molar refractivity (Wildman–Crippen MR) is 110 cm³/mol. The Balaban J connectivity index is 1.58. The lowest BCUT2D eigenvalue weighted by atomic mass is 10.1. The van der Waals surface area contributed by atoms with E-state index < -0.39 is 6.04 Å². The highest BCUT2D eigenvalue weighted by molar-refractivity contribution is 6.30. The van der Waals surface area contributed by atoms with E-state index >= 15 is 0 Å². The number of nitrogens with zero attached hydrogens (tertiary/aromatic N) is 2. The molecule has 0 aliphatic carbocycles. The predicted octanol–water partition coefficient (Wildman–Crippen LogP) is 2.47. The third-order valence-electron chi connectivity index (χ3n) is 4.94. The Morgan fingerprint density at radius 1 is 1.30 bits per heavy atom. The van der Waals surface area contributed by atoms with Crippen molar-refractivity contribution in [3.8, 4) is 6.07 Å². The summed E-state index contributed by atoms with van der Waals surface area (Å²) in [5, 5.41) is 15.8. The number of carbonyl (C=O) groups excluding carboxylic acids is 2. The smallest absolute Gasteiger partial charge is 0.409 e. The van der Waals surface area contributed by atoms with Crippen molar-refractivity contribution in [2.45, 2.75) is 31.5 Å². The number of rotatable bonds is 5. The van der Waals surface area contributed by atoms with Crippen molar-refractivity contribution in [3.05, 3.63) is 58.5 Å². The number of benzene rings is 1. The molecule has 1 aromatic carbocycles. The van der Waals surface area contributed by atoms with Crippen LogP contribution < -0.4 is 10.6 Å². The first-order valence-electron chi connectivity index (χ1n) is 9.60. The fourth-order valence-corrected chi connectivity index (χ4v) is 3.37. The number of dihydropyridines is 1. The third kappa shape index (κ3) is 5.45. The van der Waals surface area contributed by atoms with Gasteiger partial charge in [0.25, 0.3) is 0 Å². The molecule has 1 saturated heterocycles. The Morgan fingerprint density at radius 2 is 2.00 bits per heavy atom. The number of allylic oxidation sites excluding steroid dienone is 1. The van der Waals surface area contributed by atoms with Crippen molar-refractivity contribution in [1.29, 1.82) is 5.26 Å². The summed E-state index contributed by atoms with van der Waals surface area (Å²) in [5.41, 5.74) is 1.25. The van der Waals surface area contributed by atoms with Crippen LogP contribution in [-0.4, -0.2) is 49.2 Å². The molecule has 1 aromatic rings. The second kappa shape index (κ2) is 10.0. The Kier molecular flexibility index (Phi) is 7.20. The van der Waals surface area contributed by atoms with Crippen molar-refractivity contribution in [1.82, 2.24) is 15.5 Å². The normalized spacial score (nSPS) is 19.0. The molecule has 2 N–H and O–H groups in total. The first kappa shape index (κ1) is 21.5. The molecule has 1 unspecified atom stereocenters. The van der Waals surface area contributed by atoms with Crippen molar-refractivity contribution in [2.75, 3.05) is 20.2 Å². The summed E-state index contributed by atoms with van der Waals surface area (Å²) < 4.78 is 10.7. The molecule has 30 heavy (non-hydrogen) atoms. The van der Waals surface area contributed by atoms with E-state index in [1.165, 1.54) is 13.3 Å². The average molecular weight is 431 g/mol. The highest BCUT2D eigenvalue weighted by Gasteiger charge is 2.28. The lowest BCUT2D eigenvalue weighted by Gasteiger charge is -2.32. The van der Waals surface area contributed by atoms with E-state index in [0.717, 1.165) is 5.56 Å². The molecule has 9 heteroatoms. The van der Waals surface area contributed by atoms with Crippen LogP contribution in [0.25, 0.3) is 0 Å². The number of likely N-dealkylation sites (tertiary alicyclic amines) is 1. The summed E-state index contributed by atoms with van der Waals surface area (Å²) in [4.78, 5) is 25.8. The Labute approximate surface area is 180 Å². The molecule has 0 aromatic heterocycles. The van der Waals surface area contributed by atoms with Crippen molar-refractivity contribution in [3.63, 3.8) is 0 Å². The molecule has 0 spiro atoms. The maximum atomic E-state index is 12.6. The molecule has 3 rings (SSSR count). The zero-order valence-corrected chi connectivity index (χ0v) is 17.3. The SMILES string of the molecule is COC(=O)N1CCC(OC2=CC(C(=O)NCc3ccc(Cl)cc3)NC=C2C#N)CC1. The highest BCUT2D eigenvalue weighted by Crippen LogP contribution is 2.23. The first-order valence-corrected chi connectivity index (χ1v) is 9.98. The number of ether oxygens (including phenoxy) is 2. The number of carbonyl (C=O) groups is 2. The van der Waals surface area contributed by atoms with Crippen LogP contribution in [0, 0.1) is 11.3 Å². The van der Waals surface area contributed by atoms with Crippen LogP contribution in [0.3, 0.4) is 0 Å². The minimum atomic E-state index is -0.653. The number of hydrogen-bond acceptors (Lipinski definition) is 6. The standard InChI is InChI=1S/C21H23ClN4O4/c1-29-21(28)26-8-6-17(7-9-26)30-19-10-18(24-13-15(19)11-23)20(27)25-12-14-2-4-16(22)5-3-14/h2-5,10,13,17-18,24H,6-9,12H2,1H3,(H,25,27). The maximum Gasteiger partial charge on any atom is 0.409 e. The molecule has 1 atom stereocenters. The van der Waals surface area contributed by atoms with E-state index in [4.69, 9.17) is 21.1 Å². The van der Waals surface area contributed by atoms with Crippen LogP contribution in [0.2, 0.25) is 5.02 Å². The van der Waals surface area contributed by atoms with Crippen LogP contribution in [0.1, 0.15) is 18.4 Å². The van der Waals surface area contributed by atoms with Crippen molar-refractivity contribution in [2.24, 2.45) is 0 Å². The Hall–Kier alpha value is -3.18. The molecule has 0 bridgehead atoms.